The first-order chi connectivity index (χ1) is 13.2. The molecule has 4 rings (SSSR count). The Morgan fingerprint density at radius 2 is 1.93 bits per heavy atom. The van der Waals surface area contributed by atoms with Gasteiger partial charge in [0.1, 0.15) is 0 Å². The molecule has 140 valence electrons. The van der Waals surface area contributed by atoms with Crippen molar-refractivity contribution >= 4 is 29.3 Å². The van der Waals surface area contributed by atoms with E-state index >= 15 is 0 Å². The van der Waals surface area contributed by atoms with Gasteiger partial charge in [0.05, 0.1) is 18.8 Å². The van der Waals surface area contributed by atoms with E-state index < -0.39 is 0 Å². The van der Waals surface area contributed by atoms with E-state index in [1.165, 1.54) is 23.3 Å². The van der Waals surface area contributed by atoms with E-state index in [-0.39, 0.29) is 17.2 Å². The lowest BCUT2D eigenvalue weighted by molar-refractivity contribution is -0.888. The molecule has 2 amide bonds. The van der Waals surface area contributed by atoms with Crippen molar-refractivity contribution in [2.75, 3.05) is 25.0 Å². The Kier molecular flexibility index (Phi) is 5.45. The molecule has 2 aromatic rings. The predicted molar refractivity (Wildman–Crippen MR) is 107 cm³/mol. The minimum absolute atomic E-state index is 0.0473. The smallest absolute Gasteiger partial charge is 0.294 e. The zero-order valence-corrected chi connectivity index (χ0v) is 16.0. The number of quaternary nitrogens is 1. The van der Waals surface area contributed by atoms with E-state index in [2.05, 4.69) is 22.8 Å². The van der Waals surface area contributed by atoms with Gasteiger partial charge in [-0.2, -0.15) is 0 Å². The quantitative estimate of drug-likeness (QED) is 0.738. The summed E-state index contributed by atoms with van der Waals surface area (Å²) in [6, 6.07) is 15.7. The third kappa shape index (κ3) is 4.17. The maximum atomic E-state index is 12.5. The molecular formula is C21H24N3O2S+. The number of likely N-dealkylation sites (tertiary alicyclic amines) is 1. The summed E-state index contributed by atoms with van der Waals surface area (Å²) in [5, 5.41) is 5.88. The predicted octanol–water partition coefficient (Wildman–Crippen LogP) is 1.71. The Morgan fingerprint density at radius 1 is 1.15 bits per heavy atom. The number of hydrogen-bond donors (Lipinski definition) is 3. The van der Waals surface area contributed by atoms with Crippen LogP contribution in [0, 0.1) is 0 Å². The Morgan fingerprint density at radius 3 is 2.70 bits per heavy atom. The number of benzene rings is 2. The van der Waals surface area contributed by atoms with Gasteiger partial charge in [-0.1, -0.05) is 42.1 Å². The highest BCUT2D eigenvalue weighted by molar-refractivity contribution is 8.00. The van der Waals surface area contributed by atoms with Crippen LogP contribution in [-0.2, 0) is 11.2 Å². The molecule has 0 bridgehead atoms. The van der Waals surface area contributed by atoms with Crippen LogP contribution in [0.15, 0.2) is 53.4 Å². The molecule has 2 aromatic carbocycles. The molecule has 2 heterocycles. The molecule has 2 aliphatic heterocycles. The fourth-order valence-electron chi connectivity index (χ4n) is 3.68. The molecule has 27 heavy (non-hydrogen) atoms. The van der Waals surface area contributed by atoms with Crippen molar-refractivity contribution in [1.82, 2.24) is 5.32 Å². The lowest BCUT2D eigenvalue weighted by Gasteiger charge is -2.28. The topological polar surface area (TPSA) is 62.6 Å². The lowest BCUT2D eigenvalue weighted by atomic mass is 10.1. The summed E-state index contributed by atoms with van der Waals surface area (Å²) in [6.07, 6.45) is 3.17. The van der Waals surface area contributed by atoms with Gasteiger partial charge in [-0.3, -0.25) is 9.59 Å². The molecular weight excluding hydrogens is 358 g/mol. The van der Waals surface area contributed by atoms with Gasteiger partial charge >= 0.3 is 0 Å². The second kappa shape index (κ2) is 8.15. The molecule has 1 saturated heterocycles. The molecule has 0 radical (unpaired) electrons. The van der Waals surface area contributed by atoms with Crippen LogP contribution >= 0.6 is 11.8 Å². The second-order valence-electron chi connectivity index (χ2n) is 7.05. The summed E-state index contributed by atoms with van der Waals surface area (Å²) in [5.74, 6) is -0.0636. The fraction of sp³-hybridized carbons (Fsp3) is 0.333. The molecule has 1 atom stereocenters. The van der Waals surface area contributed by atoms with Crippen LogP contribution in [0.3, 0.4) is 0 Å². The summed E-state index contributed by atoms with van der Waals surface area (Å²) in [5.41, 5.74) is 2.52. The molecule has 0 saturated carbocycles. The van der Waals surface area contributed by atoms with Crippen LogP contribution < -0.4 is 15.5 Å². The number of rotatable bonds is 5. The largest absolute Gasteiger partial charge is 0.352 e. The van der Waals surface area contributed by atoms with E-state index in [9.17, 15) is 9.59 Å². The molecule has 1 unspecified atom stereocenters. The van der Waals surface area contributed by atoms with Crippen molar-refractivity contribution in [1.29, 1.82) is 0 Å². The highest BCUT2D eigenvalue weighted by atomic mass is 32.2. The summed E-state index contributed by atoms with van der Waals surface area (Å²) in [7, 11) is 0. The van der Waals surface area contributed by atoms with E-state index in [4.69, 9.17) is 0 Å². The Hall–Kier alpha value is -2.31. The molecule has 0 spiro atoms. The zero-order chi connectivity index (χ0) is 18.6. The molecule has 1 fully saturated rings. The van der Waals surface area contributed by atoms with Gasteiger partial charge in [-0.05, 0) is 30.2 Å². The van der Waals surface area contributed by atoms with Crippen LogP contribution in [0.1, 0.15) is 28.8 Å². The number of thioether (sulfide) groups is 1. The Balaban J connectivity index is 1.38. The van der Waals surface area contributed by atoms with Crippen LogP contribution in [-0.4, -0.2) is 36.8 Å². The lowest BCUT2D eigenvalue weighted by Crippen LogP contribution is -3.14. The van der Waals surface area contributed by atoms with Gasteiger partial charge in [-0.15, -0.1) is 0 Å². The fourth-order valence-corrected chi connectivity index (χ4v) is 4.88. The number of fused-ring (bicyclic) bond motifs is 1. The highest BCUT2D eigenvalue weighted by Crippen LogP contribution is 2.34. The van der Waals surface area contributed by atoms with Crippen molar-refractivity contribution in [3.63, 3.8) is 0 Å². The Bertz CT molecular complexity index is 835. The SMILES string of the molecule is O=C(NCCc1ccccc1)c1ccc2c(c1)NC(=O)C([NH+]1CCCC1)S2. The number of hydrogen-bond acceptors (Lipinski definition) is 3. The van der Waals surface area contributed by atoms with Crippen molar-refractivity contribution in [3.05, 3.63) is 59.7 Å². The molecule has 5 nitrogen and oxygen atoms in total. The normalized spacial score (nSPS) is 19.4. The van der Waals surface area contributed by atoms with Crippen molar-refractivity contribution in [2.24, 2.45) is 0 Å². The zero-order valence-electron chi connectivity index (χ0n) is 15.2. The molecule has 0 aromatic heterocycles. The van der Waals surface area contributed by atoms with E-state index in [0.717, 1.165) is 30.1 Å². The van der Waals surface area contributed by atoms with Gasteiger partial charge in [0.15, 0.2) is 0 Å². The van der Waals surface area contributed by atoms with Crippen molar-refractivity contribution in [2.45, 2.75) is 29.5 Å². The third-order valence-electron chi connectivity index (χ3n) is 5.14. The average Bonchev–Trinajstić information content (AvgIpc) is 3.22. The van der Waals surface area contributed by atoms with Crippen LogP contribution in [0.2, 0.25) is 0 Å². The average molecular weight is 383 g/mol. The molecule has 6 heteroatoms. The monoisotopic (exact) mass is 382 g/mol. The molecule has 0 aliphatic carbocycles. The standard InChI is InChI=1S/C21H23N3O2S/c25-19(22-11-10-15-6-2-1-3-7-15)16-8-9-18-17(14-16)23-20(26)21(27-18)24-12-4-5-13-24/h1-3,6-9,14,21H,4-5,10-13H2,(H,22,25)(H,23,26)/p+1. The minimum atomic E-state index is -0.111. The number of amides is 2. The van der Waals surface area contributed by atoms with Gasteiger partial charge < -0.3 is 15.5 Å². The van der Waals surface area contributed by atoms with Crippen molar-refractivity contribution < 1.29 is 14.5 Å². The summed E-state index contributed by atoms with van der Waals surface area (Å²) < 4.78 is 0. The Labute approximate surface area is 163 Å². The summed E-state index contributed by atoms with van der Waals surface area (Å²) in [6.45, 7) is 2.70. The number of anilines is 1. The first-order valence-electron chi connectivity index (χ1n) is 9.49. The van der Waals surface area contributed by atoms with E-state index in [0.29, 0.717) is 12.1 Å². The number of carbonyl (C=O) groups is 2. The minimum Gasteiger partial charge on any atom is -0.352 e. The van der Waals surface area contributed by atoms with Crippen molar-refractivity contribution in [3.8, 4) is 0 Å². The number of nitrogens with one attached hydrogen (secondary N) is 3. The van der Waals surface area contributed by atoms with E-state index in [1.54, 1.807) is 17.8 Å². The third-order valence-corrected chi connectivity index (χ3v) is 6.53. The van der Waals surface area contributed by atoms with Gasteiger partial charge in [0.2, 0.25) is 5.37 Å². The number of carbonyl (C=O) groups excluding carboxylic acids is 2. The highest BCUT2D eigenvalue weighted by Gasteiger charge is 2.37. The first kappa shape index (κ1) is 18.1. The second-order valence-corrected chi connectivity index (χ2v) is 8.20. The first-order valence-corrected chi connectivity index (χ1v) is 10.4. The molecule has 2 aliphatic rings. The summed E-state index contributed by atoms with van der Waals surface area (Å²) >= 11 is 1.62. The maximum absolute atomic E-state index is 12.5. The molecule has 3 N–H and O–H groups in total. The summed E-state index contributed by atoms with van der Waals surface area (Å²) in [4.78, 5) is 27.3. The van der Waals surface area contributed by atoms with Gasteiger partial charge in [0, 0.05) is 29.8 Å². The van der Waals surface area contributed by atoms with Gasteiger partial charge in [0.25, 0.3) is 11.8 Å². The van der Waals surface area contributed by atoms with Crippen LogP contribution in [0.25, 0.3) is 0 Å². The van der Waals surface area contributed by atoms with Crippen LogP contribution in [0.4, 0.5) is 5.69 Å². The van der Waals surface area contributed by atoms with E-state index in [1.807, 2.05) is 30.3 Å². The van der Waals surface area contributed by atoms with Gasteiger partial charge in [-0.25, -0.2) is 0 Å². The maximum Gasteiger partial charge on any atom is 0.294 e. The van der Waals surface area contributed by atoms with Crippen LogP contribution in [0.5, 0.6) is 0 Å².